The highest BCUT2D eigenvalue weighted by molar-refractivity contribution is 7.87. The van der Waals surface area contributed by atoms with E-state index in [1.165, 1.54) is 16.4 Å². The van der Waals surface area contributed by atoms with Gasteiger partial charge in [-0.15, -0.1) is 0 Å². The van der Waals surface area contributed by atoms with Gasteiger partial charge in [0.2, 0.25) is 0 Å². The molecule has 1 aromatic carbocycles. The number of benzene rings is 1. The molecule has 2 rings (SSSR count). The number of carboxylic acids is 1. The number of phenols is 1. The Morgan fingerprint density at radius 1 is 1.24 bits per heavy atom. The standard InChI is InChI=1S/C13H18N2O5S/c16-11-5-3-10(4-6-11)9-12(13(17)18)14-21(19,20)15-7-1-2-8-15/h3-6,12,14,16H,1-2,7-9H2,(H,17,18)/t12-/m1/s1. The molecule has 0 bridgehead atoms. The van der Waals surface area contributed by atoms with Gasteiger partial charge in [0.15, 0.2) is 0 Å². The summed E-state index contributed by atoms with van der Waals surface area (Å²) in [6.45, 7) is 0.835. The number of nitrogens with zero attached hydrogens (tertiary/aromatic N) is 1. The maximum absolute atomic E-state index is 12.1. The Hall–Kier alpha value is -1.64. The molecule has 0 radical (unpaired) electrons. The van der Waals surface area contributed by atoms with E-state index in [1.54, 1.807) is 12.1 Å². The van der Waals surface area contributed by atoms with Crippen LogP contribution < -0.4 is 4.72 Å². The second-order valence-electron chi connectivity index (χ2n) is 4.99. The second kappa shape index (κ2) is 6.42. The first kappa shape index (κ1) is 15.7. The predicted molar refractivity (Wildman–Crippen MR) is 76.1 cm³/mol. The van der Waals surface area contributed by atoms with Crippen LogP contribution in [0, 0.1) is 0 Å². The molecule has 3 N–H and O–H groups in total. The van der Waals surface area contributed by atoms with E-state index in [2.05, 4.69) is 4.72 Å². The summed E-state index contributed by atoms with van der Waals surface area (Å²) < 4.78 is 27.7. The van der Waals surface area contributed by atoms with E-state index in [0.29, 0.717) is 18.7 Å². The molecule has 1 aliphatic heterocycles. The Balaban J connectivity index is 2.08. The lowest BCUT2D eigenvalue weighted by Crippen LogP contribution is -2.48. The molecule has 116 valence electrons. The quantitative estimate of drug-likeness (QED) is 0.701. The zero-order chi connectivity index (χ0) is 15.5. The van der Waals surface area contributed by atoms with Gasteiger partial charge in [0, 0.05) is 13.1 Å². The minimum atomic E-state index is -3.78. The first-order valence-electron chi connectivity index (χ1n) is 6.66. The van der Waals surface area contributed by atoms with Crippen LogP contribution in [-0.2, 0) is 21.4 Å². The molecule has 7 nitrogen and oxygen atoms in total. The highest BCUT2D eigenvalue weighted by atomic mass is 32.2. The van der Waals surface area contributed by atoms with Crippen molar-refractivity contribution in [1.29, 1.82) is 0 Å². The highest BCUT2D eigenvalue weighted by Crippen LogP contribution is 2.14. The Kier molecular flexibility index (Phi) is 4.81. The van der Waals surface area contributed by atoms with Crippen LogP contribution in [0.2, 0.25) is 0 Å². The monoisotopic (exact) mass is 314 g/mol. The zero-order valence-electron chi connectivity index (χ0n) is 11.4. The number of aromatic hydroxyl groups is 1. The molecule has 1 heterocycles. The maximum atomic E-state index is 12.1. The van der Waals surface area contributed by atoms with E-state index in [-0.39, 0.29) is 12.2 Å². The van der Waals surface area contributed by atoms with Gasteiger partial charge in [-0.1, -0.05) is 12.1 Å². The second-order valence-corrected chi connectivity index (χ2v) is 6.69. The molecular weight excluding hydrogens is 296 g/mol. The van der Waals surface area contributed by atoms with Gasteiger partial charge in [0.1, 0.15) is 11.8 Å². The molecule has 1 saturated heterocycles. The highest BCUT2D eigenvalue weighted by Gasteiger charge is 2.30. The van der Waals surface area contributed by atoms with E-state index in [0.717, 1.165) is 12.8 Å². The topological polar surface area (TPSA) is 107 Å². The van der Waals surface area contributed by atoms with Gasteiger partial charge in [-0.3, -0.25) is 4.79 Å². The van der Waals surface area contributed by atoms with Gasteiger partial charge in [-0.2, -0.15) is 17.4 Å². The summed E-state index contributed by atoms with van der Waals surface area (Å²) >= 11 is 0. The normalized spacial score (nSPS) is 17.7. The third-order valence-electron chi connectivity index (χ3n) is 3.37. The van der Waals surface area contributed by atoms with Crippen LogP contribution in [0.3, 0.4) is 0 Å². The molecule has 1 aromatic rings. The number of hydrogen-bond donors (Lipinski definition) is 3. The fourth-order valence-corrected chi connectivity index (χ4v) is 3.66. The van der Waals surface area contributed by atoms with Crippen LogP contribution in [0.4, 0.5) is 0 Å². The van der Waals surface area contributed by atoms with Crippen molar-refractivity contribution in [3.63, 3.8) is 0 Å². The summed E-state index contributed by atoms with van der Waals surface area (Å²) in [7, 11) is -3.78. The third kappa shape index (κ3) is 4.16. The lowest BCUT2D eigenvalue weighted by Gasteiger charge is -2.20. The summed E-state index contributed by atoms with van der Waals surface area (Å²) in [5.41, 5.74) is 0.629. The average molecular weight is 314 g/mol. The van der Waals surface area contributed by atoms with Gasteiger partial charge in [0.05, 0.1) is 0 Å². The predicted octanol–water partition coefficient (Wildman–Crippen LogP) is 0.318. The average Bonchev–Trinajstić information content (AvgIpc) is 2.95. The van der Waals surface area contributed by atoms with E-state index < -0.39 is 22.2 Å². The molecule has 21 heavy (non-hydrogen) atoms. The van der Waals surface area contributed by atoms with E-state index in [4.69, 9.17) is 0 Å². The molecule has 0 aromatic heterocycles. The number of hydrogen-bond acceptors (Lipinski definition) is 4. The van der Waals surface area contributed by atoms with E-state index in [1.807, 2.05) is 0 Å². The molecule has 1 atom stereocenters. The summed E-state index contributed by atoms with van der Waals surface area (Å²) in [4.78, 5) is 11.3. The van der Waals surface area contributed by atoms with Crippen molar-refractivity contribution in [2.24, 2.45) is 0 Å². The van der Waals surface area contributed by atoms with Crippen molar-refractivity contribution in [2.75, 3.05) is 13.1 Å². The molecule has 0 saturated carbocycles. The smallest absolute Gasteiger partial charge is 0.322 e. The summed E-state index contributed by atoms with van der Waals surface area (Å²) in [6.07, 6.45) is 1.59. The number of nitrogens with one attached hydrogen (secondary N) is 1. The first-order chi connectivity index (χ1) is 9.88. The van der Waals surface area contributed by atoms with Crippen LogP contribution in [0.25, 0.3) is 0 Å². The van der Waals surface area contributed by atoms with Gasteiger partial charge >= 0.3 is 5.97 Å². The summed E-state index contributed by atoms with van der Waals surface area (Å²) in [5, 5.41) is 18.4. The lowest BCUT2D eigenvalue weighted by molar-refractivity contribution is -0.138. The number of carbonyl (C=O) groups is 1. The molecule has 1 fully saturated rings. The van der Waals surface area contributed by atoms with Gasteiger partial charge in [-0.05, 0) is 37.0 Å². The minimum Gasteiger partial charge on any atom is -0.508 e. The van der Waals surface area contributed by atoms with Crippen LogP contribution in [-0.4, -0.2) is 48.0 Å². The largest absolute Gasteiger partial charge is 0.508 e. The number of carboxylic acid groups (broad SMARTS) is 1. The van der Waals surface area contributed by atoms with Gasteiger partial charge in [0.25, 0.3) is 10.2 Å². The lowest BCUT2D eigenvalue weighted by atomic mass is 10.1. The number of phenolic OH excluding ortho intramolecular Hbond substituents is 1. The fourth-order valence-electron chi connectivity index (χ4n) is 2.23. The molecule has 1 aliphatic rings. The Morgan fingerprint density at radius 2 is 1.81 bits per heavy atom. The van der Waals surface area contributed by atoms with Crippen molar-refractivity contribution in [1.82, 2.24) is 9.03 Å². The van der Waals surface area contributed by atoms with Crippen molar-refractivity contribution in [3.05, 3.63) is 29.8 Å². The van der Waals surface area contributed by atoms with Crippen molar-refractivity contribution in [3.8, 4) is 5.75 Å². The summed E-state index contributed by atoms with van der Waals surface area (Å²) in [6, 6.07) is 4.76. The van der Waals surface area contributed by atoms with Gasteiger partial charge < -0.3 is 10.2 Å². The molecule has 0 amide bonds. The van der Waals surface area contributed by atoms with Gasteiger partial charge in [-0.25, -0.2) is 0 Å². The first-order valence-corrected chi connectivity index (χ1v) is 8.10. The Morgan fingerprint density at radius 3 is 2.33 bits per heavy atom. The van der Waals surface area contributed by atoms with E-state index in [9.17, 15) is 23.4 Å². The molecule has 8 heteroatoms. The number of aliphatic carboxylic acids is 1. The van der Waals surface area contributed by atoms with Crippen LogP contribution in [0.5, 0.6) is 5.75 Å². The van der Waals surface area contributed by atoms with Crippen LogP contribution >= 0.6 is 0 Å². The molecule has 0 aliphatic carbocycles. The Bertz CT molecular complexity index is 593. The minimum absolute atomic E-state index is 0.0166. The summed E-state index contributed by atoms with van der Waals surface area (Å²) in [5.74, 6) is -1.16. The van der Waals surface area contributed by atoms with Crippen LogP contribution in [0.1, 0.15) is 18.4 Å². The molecule has 0 unspecified atom stereocenters. The van der Waals surface area contributed by atoms with Crippen molar-refractivity contribution in [2.45, 2.75) is 25.3 Å². The van der Waals surface area contributed by atoms with E-state index >= 15 is 0 Å². The van der Waals surface area contributed by atoms with Crippen LogP contribution in [0.15, 0.2) is 24.3 Å². The van der Waals surface area contributed by atoms with Crippen molar-refractivity contribution >= 4 is 16.2 Å². The molecule has 0 spiro atoms. The Labute approximate surface area is 123 Å². The SMILES string of the molecule is O=C(O)[C@@H](Cc1ccc(O)cc1)NS(=O)(=O)N1CCCC1. The number of rotatable bonds is 6. The molecular formula is C13H18N2O5S. The van der Waals surface area contributed by atoms with Crippen molar-refractivity contribution < 1.29 is 23.4 Å². The third-order valence-corrected chi connectivity index (χ3v) is 5.00. The zero-order valence-corrected chi connectivity index (χ0v) is 12.2. The maximum Gasteiger partial charge on any atom is 0.322 e. The fraction of sp³-hybridized carbons (Fsp3) is 0.462.